The van der Waals surface area contributed by atoms with Crippen LogP contribution < -0.4 is 16.6 Å². The Morgan fingerprint density at radius 1 is 1.32 bits per heavy atom. The summed E-state index contributed by atoms with van der Waals surface area (Å²) in [4.78, 5) is 23.2. The number of hydrogen-bond acceptors (Lipinski definition) is 3. The molecule has 0 aliphatic rings. The van der Waals surface area contributed by atoms with Gasteiger partial charge in [0.2, 0.25) is 5.91 Å². The first kappa shape index (κ1) is 15.4. The maximum absolute atomic E-state index is 11.7. The number of rotatable bonds is 8. The van der Waals surface area contributed by atoms with Gasteiger partial charge >= 0.3 is 0 Å². The normalized spacial score (nSPS) is 10.4. The highest BCUT2D eigenvalue weighted by atomic mass is 16.1. The van der Waals surface area contributed by atoms with E-state index in [2.05, 4.69) is 5.32 Å². The van der Waals surface area contributed by atoms with Crippen LogP contribution in [0.5, 0.6) is 0 Å². The van der Waals surface area contributed by atoms with E-state index >= 15 is 0 Å². The zero-order chi connectivity index (χ0) is 14.1. The average molecular weight is 265 g/mol. The SMILES string of the molecule is CCCn1cc(NC(=O)CCCCCN)ccc1=O. The number of nitrogens with zero attached hydrogens (tertiary/aromatic N) is 1. The van der Waals surface area contributed by atoms with Crippen LogP contribution >= 0.6 is 0 Å². The lowest BCUT2D eigenvalue weighted by atomic mass is 10.2. The summed E-state index contributed by atoms with van der Waals surface area (Å²) in [5.41, 5.74) is 6.03. The zero-order valence-corrected chi connectivity index (χ0v) is 11.5. The van der Waals surface area contributed by atoms with Crippen molar-refractivity contribution in [3.05, 3.63) is 28.7 Å². The van der Waals surface area contributed by atoms with Gasteiger partial charge in [-0.05, 0) is 31.9 Å². The number of carbonyl (C=O) groups excluding carboxylic acids is 1. The Hall–Kier alpha value is -1.62. The molecule has 5 nitrogen and oxygen atoms in total. The van der Waals surface area contributed by atoms with Gasteiger partial charge in [-0.25, -0.2) is 0 Å². The van der Waals surface area contributed by atoms with Crippen LogP contribution in [0, 0.1) is 0 Å². The number of anilines is 1. The van der Waals surface area contributed by atoms with Crippen LogP contribution in [0.4, 0.5) is 5.69 Å². The second-order valence-electron chi connectivity index (χ2n) is 4.60. The molecule has 1 rings (SSSR count). The summed E-state index contributed by atoms with van der Waals surface area (Å²) in [6.07, 6.45) is 5.85. The smallest absolute Gasteiger partial charge is 0.250 e. The molecular formula is C14H23N3O2. The van der Waals surface area contributed by atoms with E-state index in [4.69, 9.17) is 5.73 Å². The first-order chi connectivity index (χ1) is 9.17. The molecule has 0 unspecified atom stereocenters. The molecule has 1 aromatic rings. The van der Waals surface area contributed by atoms with Gasteiger partial charge in [0.1, 0.15) is 0 Å². The van der Waals surface area contributed by atoms with Crippen molar-refractivity contribution >= 4 is 11.6 Å². The number of pyridine rings is 1. The number of nitrogens with one attached hydrogen (secondary N) is 1. The maximum Gasteiger partial charge on any atom is 0.250 e. The Kier molecular flexibility index (Phi) is 6.89. The fourth-order valence-corrected chi connectivity index (χ4v) is 1.85. The molecule has 5 heteroatoms. The highest BCUT2D eigenvalue weighted by Gasteiger charge is 2.03. The molecular weight excluding hydrogens is 242 g/mol. The van der Waals surface area contributed by atoms with Crippen molar-refractivity contribution in [1.29, 1.82) is 0 Å². The van der Waals surface area contributed by atoms with Crippen molar-refractivity contribution in [3.8, 4) is 0 Å². The van der Waals surface area contributed by atoms with Gasteiger partial charge in [-0.15, -0.1) is 0 Å². The number of nitrogens with two attached hydrogens (primary N) is 1. The maximum atomic E-state index is 11.7. The second kappa shape index (κ2) is 8.48. The zero-order valence-electron chi connectivity index (χ0n) is 11.5. The van der Waals surface area contributed by atoms with Gasteiger partial charge in [0, 0.05) is 25.2 Å². The minimum absolute atomic E-state index is 0.0151. The Labute approximate surface area is 113 Å². The van der Waals surface area contributed by atoms with E-state index in [9.17, 15) is 9.59 Å². The highest BCUT2D eigenvalue weighted by molar-refractivity contribution is 5.90. The molecule has 0 spiro atoms. The third kappa shape index (κ3) is 5.70. The molecule has 0 aromatic carbocycles. The molecule has 0 saturated carbocycles. The van der Waals surface area contributed by atoms with E-state index in [0.717, 1.165) is 25.7 Å². The van der Waals surface area contributed by atoms with E-state index in [0.29, 0.717) is 25.2 Å². The second-order valence-corrected chi connectivity index (χ2v) is 4.60. The van der Waals surface area contributed by atoms with Gasteiger partial charge in [0.15, 0.2) is 0 Å². The molecule has 0 bridgehead atoms. The lowest BCUT2D eigenvalue weighted by molar-refractivity contribution is -0.116. The van der Waals surface area contributed by atoms with Crippen LogP contribution in [0.25, 0.3) is 0 Å². The standard InChI is InChI=1S/C14H23N3O2/c1-2-10-17-11-12(7-8-14(17)19)16-13(18)6-4-3-5-9-15/h7-8,11H,2-6,9-10,15H2,1H3,(H,16,18). The molecule has 1 amide bonds. The largest absolute Gasteiger partial charge is 0.330 e. The molecule has 0 aliphatic heterocycles. The number of hydrogen-bond donors (Lipinski definition) is 2. The van der Waals surface area contributed by atoms with Crippen molar-refractivity contribution in [2.75, 3.05) is 11.9 Å². The summed E-state index contributed by atoms with van der Waals surface area (Å²) in [7, 11) is 0. The van der Waals surface area contributed by atoms with Crippen molar-refractivity contribution in [3.63, 3.8) is 0 Å². The summed E-state index contributed by atoms with van der Waals surface area (Å²) in [5, 5.41) is 2.81. The third-order valence-corrected chi connectivity index (χ3v) is 2.84. The van der Waals surface area contributed by atoms with Gasteiger partial charge in [0.25, 0.3) is 5.56 Å². The van der Waals surface area contributed by atoms with E-state index in [-0.39, 0.29) is 11.5 Å². The molecule has 19 heavy (non-hydrogen) atoms. The first-order valence-electron chi connectivity index (χ1n) is 6.87. The molecule has 0 atom stereocenters. The monoisotopic (exact) mass is 265 g/mol. The summed E-state index contributed by atoms with van der Waals surface area (Å²) in [6, 6.07) is 3.13. The van der Waals surface area contributed by atoms with Gasteiger partial charge in [0.05, 0.1) is 5.69 Å². The predicted molar refractivity (Wildman–Crippen MR) is 77.1 cm³/mol. The van der Waals surface area contributed by atoms with Crippen LogP contribution in [0.2, 0.25) is 0 Å². The molecule has 1 aromatic heterocycles. The molecule has 0 aliphatic carbocycles. The van der Waals surface area contributed by atoms with Crippen LogP contribution in [0.15, 0.2) is 23.1 Å². The Morgan fingerprint density at radius 2 is 2.11 bits per heavy atom. The van der Waals surface area contributed by atoms with E-state index < -0.39 is 0 Å². The fraction of sp³-hybridized carbons (Fsp3) is 0.571. The highest BCUT2D eigenvalue weighted by Crippen LogP contribution is 2.06. The Morgan fingerprint density at radius 3 is 2.79 bits per heavy atom. The summed E-state index contributed by atoms with van der Waals surface area (Å²) in [5.74, 6) is -0.0151. The summed E-state index contributed by atoms with van der Waals surface area (Å²) < 4.78 is 1.62. The lowest BCUT2D eigenvalue weighted by Crippen LogP contribution is -2.20. The molecule has 0 fully saturated rings. The van der Waals surface area contributed by atoms with E-state index in [1.807, 2.05) is 6.92 Å². The fourth-order valence-electron chi connectivity index (χ4n) is 1.85. The third-order valence-electron chi connectivity index (χ3n) is 2.84. The Balaban J connectivity index is 2.50. The van der Waals surface area contributed by atoms with Crippen molar-refractivity contribution in [1.82, 2.24) is 4.57 Å². The number of unbranched alkanes of at least 4 members (excludes halogenated alkanes) is 2. The number of carbonyl (C=O) groups is 1. The molecule has 0 saturated heterocycles. The number of amides is 1. The van der Waals surface area contributed by atoms with Crippen molar-refractivity contribution in [2.45, 2.75) is 45.6 Å². The topological polar surface area (TPSA) is 77.1 Å². The van der Waals surface area contributed by atoms with Crippen LogP contribution in [0.1, 0.15) is 39.0 Å². The Bertz CT molecular complexity index is 454. The van der Waals surface area contributed by atoms with Crippen molar-refractivity contribution in [2.24, 2.45) is 5.73 Å². The summed E-state index contributed by atoms with van der Waals surface area (Å²) >= 11 is 0. The van der Waals surface area contributed by atoms with Crippen molar-refractivity contribution < 1.29 is 4.79 Å². The van der Waals surface area contributed by atoms with Gasteiger partial charge < -0.3 is 15.6 Å². The van der Waals surface area contributed by atoms with Gasteiger partial charge in [-0.2, -0.15) is 0 Å². The first-order valence-corrected chi connectivity index (χ1v) is 6.87. The molecule has 1 heterocycles. The summed E-state index contributed by atoms with van der Waals surface area (Å²) in [6.45, 7) is 3.35. The minimum Gasteiger partial charge on any atom is -0.330 e. The molecule has 3 N–H and O–H groups in total. The molecule has 0 radical (unpaired) electrons. The average Bonchev–Trinajstić information content (AvgIpc) is 2.39. The van der Waals surface area contributed by atoms with Crippen LogP contribution in [-0.2, 0) is 11.3 Å². The number of aryl methyl sites for hydroxylation is 1. The number of aromatic nitrogens is 1. The van der Waals surface area contributed by atoms with Gasteiger partial charge in [-0.1, -0.05) is 13.3 Å². The predicted octanol–water partition coefficient (Wildman–Crippen LogP) is 1.72. The quantitative estimate of drug-likeness (QED) is 0.702. The van der Waals surface area contributed by atoms with E-state index in [1.165, 1.54) is 6.07 Å². The van der Waals surface area contributed by atoms with Gasteiger partial charge in [-0.3, -0.25) is 9.59 Å². The van der Waals surface area contributed by atoms with E-state index in [1.54, 1.807) is 16.8 Å². The molecule has 106 valence electrons. The van der Waals surface area contributed by atoms with Crippen LogP contribution in [-0.4, -0.2) is 17.0 Å². The minimum atomic E-state index is -0.0391. The van der Waals surface area contributed by atoms with Crippen LogP contribution in [0.3, 0.4) is 0 Å². The lowest BCUT2D eigenvalue weighted by Gasteiger charge is -2.08.